The smallest absolute Gasteiger partial charge is 0.335 e. The number of nitrogens with zero attached hydrogens (tertiary/aromatic N) is 1. The number of rotatable bonds is 3. The Balaban J connectivity index is 1.91. The third kappa shape index (κ3) is 2.71. The molecule has 2 aliphatic carbocycles. The summed E-state index contributed by atoms with van der Waals surface area (Å²) in [7, 11) is 0. The van der Waals surface area contributed by atoms with Crippen LogP contribution in [0.1, 0.15) is 54.4 Å². The van der Waals surface area contributed by atoms with Crippen LogP contribution in [0.2, 0.25) is 0 Å². The molecule has 0 radical (unpaired) electrons. The molecular weight excluding hydrogens is 290 g/mol. The van der Waals surface area contributed by atoms with Crippen LogP contribution < -0.4 is 0 Å². The van der Waals surface area contributed by atoms with Gasteiger partial charge in [0.15, 0.2) is 0 Å². The largest absolute Gasteiger partial charge is 0.478 e. The first-order valence-electron chi connectivity index (χ1n) is 8.01. The summed E-state index contributed by atoms with van der Waals surface area (Å²) in [4.78, 5) is 10.9. The van der Waals surface area contributed by atoms with Gasteiger partial charge in [-0.3, -0.25) is 0 Å². The number of hydrogen-bond donors (Lipinski definition) is 2. The minimum atomic E-state index is -1.26. The number of carboxylic acids is 1. The number of carboxylic acid groups (broad SMARTS) is 1. The Hall–Kier alpha value is -2.30. The van der Waals surface area contributed by atoms with Crippen molar-refractivity contribution in [2.45, 2.75) is 44.1 Å². The number of benzene rings is 1. The third-order valence-electron chi connectivity index (χ3n) is 5.17. The van der Waals surface area contributed by atoms with Crippen molar-refractivity contribution in [1.82, 2.24) is 0 Å². The van der Waals surface area contributed by atoms with Crippen LogP contribution in [0.25, 0.3) is 0 Å². The Kier molecular flexibility index (Phi) is 3.88. The van der Waals surface area contributed by atoms with Crippen LogP contribution in [0, 0.1) is 34.5 Å². The minimum Gasteiger partial charge on any atom is -0.478 e. The SMILES string of the molecule is N#CC1([C@](O)(C#Cc2ccc(C(=O)O)cc2)C2CCCC2)CC1. The first kappa shape index (κ1) is 15.6. The van der Waals surface area contributed by atoms with Gasteiger partial charge in [0.1, 0.15) is 5.60 Å². The summed E-state index contributed by atoms with van der Waals surface area (Å²) in [6, 6.07) is 8.57. The fraction of sp³-hybridized carbons (Fsp3) is 0.474. The average molecular weight is 309 g/mol. The lowest BCUT2D eigenvalue weighted by atomic mass is 9.74. The van der Waals surface area contributed by atoms with E-state index in [1.54, 1.807) is 12.1 Å². The van der Waals surface area contributed by atoms with Crippen LogP contribution >= 0.6 is 0 Å². The normalized spacial score (nSPS) is 21.6. The molecule has 0 amide bonds. The van der Waals surface area contributed by atoms with E-state index in [9.17, 15) is 15.2 Å². The molecule has 0 aromatic heterocycles. The van der Waals surface area contributed by atoms with E-state index in [-0.39, 0.29) is 11.5 Å². The Morgan fingerprint density at radius 1 is 1.22 bits per heavy atom. The van der Waals surface area contributed by atoms with Crippen molar-refractivity contribution in [2.24, 2.45) is 11.3 Å². The number of nitriles is 1. The fourth-order valence-electron chi connectivity index (χ4n) is 3.52. The monoisotopic (exact) mass is 309 g/mol. The van der Waals surface area contributed by atoms with Gasteiger partial charge in [0.25, 0.3) is 0 Å². The second kappa shape index (κ2) is 5.72. The highest BCUT2D eigenvalue weighted by Crippen LogP contribution is 2.58. The summed E-state index contributed by atoms with van der Waals surface area (Å²) in [6.45, 7) is 0. The molecule has 1 aromatic carbocycles. The highest BCUT2D eigenvalue weighted by atomic mass is 16.4. The summed E-state index contributed by atoms with van der Waals surface area (Å²) in [5.74, 6) is 5.03. The van der Waals surface area contributed by atoms with E-state index < -0.39 is 17.0 Å². The highest BCUT2D eigenvalue weighted by Gasteiger charge is 2.62. The van der Waals surface area contributed by atoms with Crippen molar-refractivity contribution in [2.75, 3.05) is 0 Å². The van der Waals surface area contributed by atoms with Crippen LogP contribution in [0.4, 0.5) is 0 Å². The first-order chi connectivity index (χ1) is 11.0. The molecule has 0 spiro atoms. The molecule has 23 heavy (non-hydrogen) atoms. The van der Waals surface area contributed by atoms with Crippen LogP contribution in [-0.4, -0.2) is 21.8 Å². The molecule has 0 saturated heterocycles. The summed E-state index contributed by atoms with van der Waals surface area (Å²) in [5.41, 5.74) is -1.13. The third-order valence-corrected chi connectivity index (χ3v) is 5.17. The average Bonchev–Trinajstić information content (AvgIpc) is 3.18. The molecular formula is C19H19NO3. The first-order valence-corrected chi connectivity index (χ1v) is 8.01. The molecule has 0 aliphatic heterocycles. The van der Waals surface area contributed by atoms with Gasteiger partial charge in [-0.05, 0) is 49.9 Å². The van der Waals surface area contributed by atoms with Crippen LogP contribution in [0.15, 0.2) is 24.3 Å². The van der Waals surface area contributed by atoms with Crippen molar-refractivity contribution in [1.29, 1.82) is 5.26 Å². The van der Waals surface area contributed by atoms with E-state index >= 15 is 0 Å². The lowest BCUT2D eigenvalue weighted by Gasteiger charge is -2.33. The van der Waals surface area contributed by atoms with Gasteiger partial charge in [-0.25, -0.2) is 4.79 Å². The Bertz CT molecular complexity index is 710. The van der Waals surface area contributed by atoms with E-state index in [2.05, 4.69) is 17.9 Å². The highest BCUT2D eigenvalue weighted by molar-refractivity contribution is 5.87. The molecule has 0 unspecified atom stereocenters. The van der Waals surface area contributed by atoms with Gasteiger partial charge in [0.2, 0.25) is 0 Å². The standard InChI is InChI=1S/C19H19NO3/c20-13-18(11-12-18)19(23,16-3-1-2-4-16)10-9-14-5-7-15(8-6-14)17(21)22/h5-8,16,23H,1-4,11-12H2,(H,21,22)/t19-/m0/s1. The zero-order valence-corrected chi connectivity index (χ0v) is 12.9. The maximum absolute atomic E-state index is 11.2. The molecule has 118 valence electrons. The van der Waals surface area contributed by atoms with Crippen molar-refractivity contribution in [3.8, 4) is 17.9 Å². The number of aromatic carboxylic acids is 1. The van der Waals surface area contributed by atoms with Gasteiger partial charge in [-0.1, -0.05) is 24.7 Å². The molecule has 4 heteroatoms. The predicted octanol–water partition coefficient (Wildman–Crippen LogP) is 2.96. The predicted molar refractivity (Wildman–Crippen MR) is 84.5 cm³/mol. The molecule has 1 aromatic rings. The number of hydrogen-bond acceptors (Lipinski definition) is 3. The maximum atomic E-state index is 11.2. The molecule has 0 bridgehead atoms. The minimum absolute atomic E-state index is 0.0513. The van der Waals surface area contributed by atoms with Crippen LogP contribution in [-0.2, 0) is 0 Å². The molecule has 1 atom stereocenters. The maximum Gasteiger partial charge on any atom is 0.335 e. The molecule has 2 fully saturated rings. The quantitative estimate of drug-likeness (QED) is 0.841. The summed E-state index contributed by atoms with van der Waals surface area (Å²) >= 11 is 0. The van der Waals surface area contributed by atoms with E-state index in [4.69, 9.17) is 5.11 Å². The second-order valence-electron chi connectivity index (χ2n) is 6.57. The Morgan fingerprint density at radius 2 is 1.83 bits per heavy atom. The van der Waals surface area contributed by atoms with E-state index in [0.29, 0.717) is 18.4 Å². The van der Waals surface area contributed by atoms with Gasteiger partial charge >= 0.3 is 5.97 Å². The fourth-order valence-corrected chi connectivity index (χ4v) is 3.52. The zero-order chi connectivity index (χ0) is 16.5. The van der Waals surface area contributed by atoms with Gasteiger partial charge in [0, 0.05) is 11.5 Å². The van der Waals surface area contributed by atoms with Gasteiger partial charge in [0.05, 0.1) is 17.0 Å². The number of carbonyl (C=O) groups is 1. The second-order valence-corrected chi connectivity index (χ2v) is 6.57. The summed E-state index contributed by atoms with van der Waals surface area (Å²) in [6.07, 6.45) is 5.36. The lowest BCUT2D eigenvalue weighted by Crippen LogP contribution is -2.44. The van der Waals surface area contributed by atoms with Crippen molar-refractivity contribution < 1.29 is 15.0 Å². The van der Waals surface area contributed by atoms with Gasteiger partial charge in [-0.2, -0.15) is 5.26 Å². The molecule has 2 N–H and O–H groups in total. The van der Waals surface area contributed by atoms with Gasteiger partial charge < -0.3 is 10.2 Å². The van der Waals surface area contributed by atoms with Crippen molar-refractivity contribution in [3.05, 3.63) is 35.4 Å². The molecule has 4 nitrogen and oxygen atoms in total. The van der Waals surface area contributed by atoms with E-state index in [1.807, 2.05) is 0 Å². The topological polar surface area (TPSA) is 81.3 Å². The van der Waals surface area contributed by atoms with Crippen molar-refractivity contribution >= 4 is 5.97 Å². The summed E-state index contributed by atoms with van der Waals surface area (Å²) in [5, 5.41) is 29.6. The lowest BCUT2D eigenvalue weighted by molar-refractivity contribution is -0.00659. The molecule has 0 heterocycles. The molecule has 3 rings (SSSR count). The number of aliphatic hydroxyl groups is 1. The van der Waals surface area contributed by atoms with Gasteiger partial charge in [-0.15, -0.1) is 0 Å². The van der Waals surface area contributed by atoms with Crippen LogP contribution in [0.3, 0.4) is 0 Å². The Labute approximate surface area is 135 Å². The summed E-state index contributed by atoms with van der Waals surface area (Å²) < 4.78 is 0. The zero-order valence-electron chi connectivity index (χ0n) is 12.9. The van der Waals surface area contributed by atoms with Crippen LogP contribution in [0.5, 0.6) is 0 Å². The molecule has 2 saturated carbocycles. The molecule has 2 aliphatic rings. The van der Waals surface area contributed by atoms with E-state index in [0.717, 1.165) is 25.7 Å². The Morgan fingerprint density at radius 3 is 2.30 bits per heavy atom. The van der Waals surface area contributed by atoms with Crippen molar-refractivity contribution in [3.63, 3.8) is 0 Å². The van der Waals surface area contributed by atoms with E-state index in [1.165, 1.54) is 12.1 Å².